The van der Waals surface area contributed by atoms with Gasteiger partial charge in [0, 0.05) is 0 Å². The average molecular weight is 797 g/mol. The van der Waals surface area contributed by atoms with E-state index in [1.54, 1.807) is 0 Å². The Balaban J connectivity index is 0.971. The lowest BCUT2D eigenvalue weighted by Gasteiger charge is -2.34. The van der Waals surface area contributed by atoms with Gasteiger partial charge in [-0.15, -0.1) is 0 Å². The lowest BCUT2D eigenvalue weighted by atomic mass is 9.67. The molecule has 0 amide bonds. The molecule has 0 radical (unpaired) electrons. The molecular formula is C63H40. The summed E-state index contributed by atoms with van der Waals surface area (Å²) >= 11 is 0. The normalized spacial score (nSPS) is 14.4. The first-order valence-electron chi connectivity index (χ1n) is 22.4. The smallest absolute Gasteiger partial charge is 0.0713 e. The number of allylic oxidation sites excluding steroid dienone is 3. The third kappa shape index (κ3) is 4.87. The summed E-state index contributed by atoms with van der Waals surface area (Å²) < 4.78 is 0. The molecule has 0 atom stereocenters. The lowest BCUT2D eigenvalue weighted by molar-refractivity contribution is 0.769. The van der Waals surface area contributed by atoms with Crippen LogP contribution < -0.4 is 0 Å². The maximum Gasteiger partial charge on any atom is 0.0713 e. The van der Waals surface area contributed by atoms with Crippen molar-refractivity contribution in [2.75, 3.05) is 0 Å². The van der Waals surface area contributed by atoms with Crippen molar-refractivity contribution in [1.82, 2.24) is 0 Å². The second-order valence-electron chi connectivity index (χ2n) is 17.8. The van der Waals surface area contributed by atoms with Crippen LogP contribution in [0.4, 0.5) is 0 Å². The van der Waals surface area contributed by atoms with E-state index in [0.29, 0.717) is 0 Å². The van der Waals surface area contributed by atoms with Gasteiger partial charge in [-0.3, -0.25) is 0 Å². The van der Waals surface area contributed by atoms with E-state index in [0.717, 1.165) is 12.8 Å². The highest BCUT2D eigenvalue weighted by Crippen LogP contribution is 2.58. The van der Waals surface area contributed by atoms with E-state index in [1.165, 1.54) is 132 Å². The second kappa shape index (κ2) is 13.1. The Kier molecular flexibility index (Phi) is 7.25. The summed E-state index contributed by atoms with van der Waals surface area (Å²) in [5.74, 6) is 0. The molecule has 0 heteroatoms. The molecule has 0 saturated heterocycles. The molecular weight excluding hydrogens is 757 g/mol. The summed E-state index contributed by atoms with van der Waals surface area (Å²) in [6.07, 6.45) is 9.07. The van der Waals surface area contributed by atoms with Crippen LogP contribution in [0.5, 0.6) is 0 Å². The first kappa shape index (κ1) is 34.9. The SMILES string of the molecule is C1=Cc2ccc3c(-c4ccc5c(c4)C(c4ccccc4)(c4ccccc4)c4cc(-c6cccc(-c7ccc8ccc9cccc%10ccc7c8c9%10)c6)ccc4-5)ccc4c3c2C(=CC4)C1. The lowest BCUT2D eigenvalue weighted by Crippen LogP contribution is -2.28. The number of rotatable bonds is 5. The number of fused-ring (bicyclic) bond motifs is 3. The predicted octanol–water partition coefficient (Wildman–Crippen LogP) is 16.5. The molecule has 0 nitrogen and oxygen atoms in total. The molecule has 0 fully saturated rings. The van der Waals surface area contributed by atoms with Crippen molar-refractivity contribution in [3.63, 3.8) is 0 Å². The van der Waals surface area contributed by atoms with Gasteiger partial charge in [-0.2, -0.15) is 0 Å². The molecule has 3 aliphatic rings. The van der Waals surface area contributed by atoms with E-state index in [4.69, 9.17) is 0 Å². The molecule has 11 aromatic carbocycles. The van der Waals surface area contributed by atoms with Crippen LogP contribution in [0.1, 0.15) is 45.4 Å². The maximum atomic E-state index is 2.53. The Morgan fingerprint density at radius 2 is 0.921 bits per heavy atom. The van der Waals surface area contributed by atoms with E-state index in [2.05, 4.69) is 218 Å². The third-order valence-electron chi connectivity index (χ3n) is 14.7. The molecule has 0 bridgehead atoms. The summed E-state index contributed by atoms with van der Waals surface area (Å²) in [5.41, 5.74) is 20.4. The quantitative estimate of drug-likeness (QED) is 0.152. The number of hydrogen-bond acceptors (Lipinski definition) is 0. The Morgan fingerprint density at radius 1 is 0.365 bits per heavy atom. The highest BCUT2D eigenvalue weighted by atomic mass is 14.5. The van der Waals surface area contributed by atoms with E-state index >= 15 is 0 Å². The van der Waals surface area contributed by atoms with Gasteiger partial charge >= 0.3 is 0 Å². The molecule has 63 heavy (non-hydrogen) atoms. The molecule has 292 valence electrons. The van der Waals surface area contributed by atoms with E-state index in [-0.39, 0.29) is 0 Å². The summed E-state index contributed by atoms with van der Waals surface area (Å²) in [5, 5.41) is 10.7. The highest BCUT2D eigenvalue weighted by molar-refractivity contribution is 6.25. The topological polar surface area (TPSA) is 0 Å². The van der Waals surface area contributed by atoms with Crippen molar-refractivity contribution >= 4 is 54.7 Å². The van der Waals surface area contributed by atoms with Crippen LogP contribution in [0.25, 0.3) is 99.2 Å². The molecule has 0 N–H and O–H groups in total. The first-order valence-corrected chi connectivity index (χ1v) is 22.4. The van der Waals surface area contributed by atoms with Gasteiger partial charge < -0.3 is 0 Å². The predicted molar refractivity (Wildman–Crippen MR) is 267 cm³/mol. The molecule has 0 saturated carbocycles. The minimum absolute atomic E-state index is 0.538. The van der Waals surface area contributed by atoms with Crippen LogP contribution in [0.15, 0.2) is 212 Å². The van der Waals surface area contributed by atoms with Crippen LogP contribution in [-0.2, 0) is 11.8 Å². The van der Waals surface area contributed by atoms with Gasteiger partial charge in [-0.1, -0.05) is 200 Å². The Bertz CT molecular complexity index is 3710. The number of hydrogen-bond donors (Lipinski definition) is 0. The molecule has 0 aromatic heterocycles. The van der Waals surface area contributed by atoms with Crippen molar-refractivity contribution in [3.8, 4) is 44.5 Å². The molecule has 0 unspecified atom stereocenters. The zero-order chi connectivity index (χ0) is 41.2. The van der Waals surface area contributed by atoms with Crippen molar-refractivity contribution in [3.05, 3.63) is 251 Å². The van der Waals surface area contributed by atoms with Crippen molar-refractivity contribution < 1.29 is 0 Å². The fourth-order valence-electron chi connectivity index (χ4n) is 12.0. The van der Waals surface area contributed by atoms with E-state index in [9.17, 15) is 0 Å². The molecule has 0 spiro atoms. The highest BCUT2D eigenvalue weighted by Gasteiger charge is 2.46. The zero-order valence-corrected chi connectivity index (χ0v) is 34.7. The molecule has 11 aromatic rings. The molecule has 3 aliphatic carbocycles. The van der Waals surface area contributed by atoms with Crippen LogP contribution in [0, 0.1) is 0 Å². The average Bonchev–Trinajstić information content (AvgIpc) is 3.65. The van der Waals surface area contributed by atoms with E-state index < -0.39 is 5.41 Å². The van der Waals surface area contributed by atoms with Crippen molar-refractivity contribution in [2.24, 2.45) is 0 Å². The number of benzene rings is 11. The summed E-state index contributed by atoms with van der Waals surface area (Å²) in [4.78, 5) is 0. The summed E-state index contributed by atoms with van der Waals surface area (Å²) in [6, 6.07) is 76.1. The van der Waals surface area contributed by atoms with Crippen molar-refractivity contribution in [1.29, 1.82) is 0 Å². The van der Waals surface area contributed by atoms with Crippen molar-refractivity contribution in [2.45, 2.75) is 18.3 Å². The minimum atomic E-state index is -0.538. The molecule has 0 heterocycles. The van der Waals surface area contributed by atoms with Gasteiger partial charge in [0.1, 0.15) is 0 Å². The van der Waals surface area contributed by atoms with Gasteiger partial charge in [-0.25, -0.2) is 0 Å². The largest absolute Gasteiger partial charge is 0.0795 e. The Hall–Kier alpha value is -7.80. The fraction of sp³-hybridized carbons (Fsp3) is 0.0476. The monoisotopic (exact) mass is 796 g/mol. The van der Waals surface area contributed by atoms with Crippen LogP contribution in [0.2, 0.25) is 0 Å². The van der Waals surface area contributed by atoms with Gasteiger partial charge in [0.05, 0.1) is 5.41 Å². The minimum Gasteiger partial charge on any atom is -0.0795 e. The Morgan fingerprint density at radius 3 is 1.68 bits per heavy atom. The van der Waals surface area contributed by atoms with Gasteiger partial charge in [0.25, 0.3) is 0 Å². The maximum absolute atomic E-state index is 2.53. The second-order valence-corrected chi connectivity index (χ2v) is 17.8. The Labute approximate surface area is 367 Å². The molecule has 0 aliphatic heterocycles. The van der Waals surface area contributed by atoms with Crippen LogP contribution >= 0.6 is 0 Å². The van der Waals surface area contributed by atoms with E-state index in [1.807, 2.05) is 0 Å². The van der Waals surface area contributed by atoms with Gasteiger partial charge in [0.2, 0.25) is 0 Å². The third-order valence-corrected chi connectivity index (χ3v) is 14.7. The van der Waals surface area contributed by atoms with Gasteiger partial charge in [0.15, 0.2) is 0 Å². The van der Waals surface area contributed by atoms with Crippen LogP contribution in [-0.4, -0.2) is 0 Å². The zero-order valence-electron chi connectivity index (χ0n) is 34.7. The molecule has 14 rings (SSSR count). The fourth-order valence-corrected chi connectivity index (χ4v) is 12.0. The summed E-state index contributed by atoms with van der Waals surface area (Å²) in [6.45, 7) is 0. The van der Waals surface area contributed by atoms with Crippen LogP contribution in [0.3, 0.4) is 0 Å². The standard InChI is InChI=1S/C63H40/c1-3-16-49(17-4-1)63(50-18-5-2-6-19-50)57-37-46(45-14-9-15-47(36-45)51-30-24-43-22-20-39-10-7-12-41-26-34-55(51)61(43)59(39)41)28-32-53(57)54-33-29-48(38-58(54)63)52-31-25-44-23-21-40-11-8-13-42-27-35-56(52)62(44)60(40)42/h1-10,12-22,24-38H,11,23H2. The first-order chi connectivity index (χ1) is 31.2. The van der Waals surface area contributed by atoms with Gasteiger partial charge in [-0.05, 0) is 163 Å². The summed E-state index contributed by atoms with van der Waals surface area (Å²) in [7, 11) is 0.